The Balaban J connectivity index is 1.48. The second-order valence-corrected chi connectivity index (χ2v) is 6.89. The predicted octanol–water partition coefficient (Wildman–Crippen LogP) is 3.62. The molecule has 2 aliphatic rings. The first-order valence-corrected chi connectivity index (χ1v) is 9.17. The van der Waals surface area contributed by atoms with Crippen LogP contribution in [0.25, 0.3) is 0 Å². The lowest BCUT2D eigenvalue weighted by Crippen LogP contribution is -2.30. The Labute approximate surface area is 162 Å². The zero-order valence-electron chi connectivity index (χ0n) is 15.2. The van der Waals surface area contributed by atoms with E-state index in [0.29, 0.717) is 22.8 Å². The van der Waals surface area contributed by atoms with Crippen LogP contribution in [0.15, 0.2) is 71.5 Å². The van der Waals surface area contributed by atoms with E-state index in [4.69, 9.17) is 4.84 Å². The SMILES string of the molecule is O=C1ON=C(c2ccc([N+](=O)[O-])cc2)/C1=C/N1CCC(c2ccccc2)CC1. The normalized spacial score (nSPS) is 18.9. The minimum absolute atomic E-state index is 0.0110. The van der Waals surface area contributed by atoms with E-state index in [9.17, 15) is 14.9 Å². The first-order valence-electron chi connectivity index (χ1n) is 9.17. The zero-order chi connectivity index (χ0) is 19.5. The maximum Gasteiger partial charge on any atom is 0.369 e. The first-order chi connectivity index (χ1) is 13.6. The number of oxime groups is 1. The number of likely N-dealkylation sites (tertiary alicyclic amines) is 1. The van der Waals surface area contributed by atoms with Crippen molar-refractivity contribution in [2.24, 2.45) is 5.16 Å². The van der Waals surface area contributed by atoms with Gasteiger partial charge in [-0.05, 0) is 36.5 Å². The van der Waals surface area contributed by atoms with Gasteiger partial charge in [-0.25, -0.2) is 4.79 Å². The Hall–Kier alpha value is -3.48. The average molecular weight is 377 g/mol. The summed E-state index contributed by atoms with van der Waals surface area (Å²) in [5.41, 5.74) is 2.74. The second-order valence-electron chi connectivity index (χ2n) is 6.89. The molecule has 0 saturated carbocycles. The minimum atomic E-state index is -0.501. The largest absolute Gasteiger partial charge is 0.377 e. The molecule has 7 nitrogen and oxygen atoms in total. The van der Waals surface area contributed by atoms with Gasteiger partial charge in [0, 0.05) is 37.0 Å². The van der Waals surface area contributed by atoms with Gasteiger partial charge in [0.2, 0.25) is 0 Å². The average Bonchev–Trinajstić information content (AvgIpc) is 3.09. The minimum Gasteiger partial charge on any atom is -0.377 e. The van der Waals surface area contributed by atoms with Crippen molar-refractivity contribution in [1.82, 2.24) is 4.90 Å². The lowest BCUT2D eigenvalue weighted by molar-refractivity contribution is -0.384. The molecule has 1 fully saturated rings. The summed E-state index contributed by atoms with van der Waals surface area (Å²) in [6.07, 6.45) is 3.82. The van der Waals surface area contributed by atoms with Crippen LogP contribution in [0.4, 0.5) is 5.69 Å². The molecule has 4 rings (SSSR count). The molecule has 28 heavy (non-hydrogen) atoms. The molecule has 1 saturated heterocycles. The predicted molar refractivity (Wildman–Crippen MR) is 104 cm³/mol. The van der Waals surface area contributed by atoms with E-state index in [-0.39, 0.29) is 5.69 Å². The highest BCUT2D eigenvalue weighted by molar-refractivity contribution is 6.28. The van der Waals surface area contributed by atoms with Gasteiger partial charge in [-0.1, -0.05) is 35.5 Å². The van der Waals surface area contributed by atoms with E-state index in [1.165, 1.54) is 17.7 Å². The van der Waals surface area contributed by atoms with Crippen molar-refractivity contribution in [2.45, 2.75) is 18.8 Å². The van der Waals surface area contributed by atoms with Gasteiger partial charge in [-0.2, -0.15) is 0 Å². The third-order valence-corrected chi connectivity index (χ3v) is 5.16. The van der Waals surface area contributed by atoms with E-state index < -0.39 is 10.9 Å². The maximum absolute atomic E-state index is 12.2. The van der Waals surface area contributed by atoms with Crippen LogP contribution in [-0.2, 0) is 9.63 Å². The fraction of sp³-hybridized carbons (Fsp3) is 0.238. The Morgan fingerprint density at radius 3 is 2.39 bits per heavy atom. The zero-order valence-corrected chi connectivity index (χ0v) is 15.2. The lowest BCUT2D eigenvalue weighted by atomic mass is 9.89. The summed E-state index contributed by atoms with van der Waals surface area (Å²) >= 11 is 0. The van der Waals surface area contributed by atoms with Crippen molar-refractivity contribution in [2.75, 3.05) is 13.1 Å². The number of non-ortho nitro benzene ring substituents is 1. The summed E-state index contributed by atoms with van der Waals surface area (Å²) in [5, 5.41) is 14.7. The molecule has 142 valence electrons. The van der Waals surface area contributed by atoms with Gasteiger partial charge in [0.1, 0.15) is 11.3 Å². The highest BCUT2D eigenvalue weighted by atomic mass is 16.7. The van der Waals surface area contributed by atoms with Crippen molar-refractivity contribution < 1.29 is 14.6 Å². The number of hydrogen-bond acceptors (Lipinski definition) is 6. The van der Waals surface area contributed by atoms with Crippen LogP contribution >= 0.6 is 0 Å². The van der Waals surface area contributed by atoms with Crippen molar-refractivity contribution in [3.63, 3.8) is 0 Å². The summed E-state index contributed by atoms with van der Waals surface area (Å²) in [5.74, 6) is 0.0210. The molecule has 7 heteroatoms. The molecule has 0 bridgehead atoms. The van der Waals surface area contributed by atoms with Crippen LogP contribution < -0.4 is 0 Å². The van der Waals surface area contributed by atoms with Crippen LogP contribution in [0.3, 0.4) is 0 Å². The van der Waals surface area contributed by atoms with E-state index in [1.54, 1.807) is 18.3 Å². The van der Waals surface area contributed by atoms with Crippen molar-refractivity contribution in [3.05, 3.63) is 87.6 Å². The number of carbonyl (C=O) groups excluding carboxylic acids is 1. The highest BCUT2D eigenvalue weighted by Crippen LogP contribution is 2.29. The van der Waals surface area contributed by atoms with Gasteiger partial charge < -0.3 is 9.74 Å². The molecule has 0 aromatic heterocycles. The number of piperidine rings is 1. The van der Waals surface area contributed by atoms with E-state index >= 15 is 0 Å². The smallest absolute Gasteiger partial charge is 0.369 e. The Morgan fingerprint density at radius 2 is 1.75 bits per heavy atom. The molecule has 0 unspecified atom stereocenters. The first kappa shape index (κ1) is 17.9. The van der Waals surface area contributed by atoms with Crippen LogP contribution in [0.5, 0.6) is 0 Å². The van der Waals surface area contributed by atoms with Crippen molar-refractivity contribution >= 4 is 17.4 Å². The molecule has 0 radical (unpaired) electrons. The van der Waals surface area contributed by atoms with E-state index in [2.05, 4.69) is 34.3 Å². The number of benzene rings is 2. The van der Waals surface area contributed by atoms with Crippen LogP contribution in [0.2, 0.25) is 0 Å². The fourth-order valence-corrected chi connectivity index (χ4v) is 3.61. The standard InChI is InChI=1S/C21H19N3O4/c25-21-19(20(22-28-21)17-6-8-18(9-7-17)24(26)27)14-23-12-10-16(11-13-23)15-4-2-1-3-5-15/h1-9,14,16H,10-13H2/b19-14-. The molecule has 2 aromatic rings. The molecule has 0 atom stereocenters. The van der Waals surface area contributed by atoms with Gasteiger partial charge in [0.25, 0.3) is 5.69 Å². The molecule has 0 amide bonds. The quantitative estimate of drug-likeness (QED) is 0.352. The number of nitro groups is 1. The molecular weight excluding hydrogens is 358 g/mol. The number of rotatable bonds is 4. The molecule has 0 spiro atoms. The number of carbonyl (C=O) groups is 1. The Morgan fingerprint density at radius 1 is 1.07 bits per heavy atom. The Kier molecular flexibility index (Phi) is 4.89. The summed E-state index contributed by atoms with van der Waals surface area (Å²) in [6, 6.07) is 16.4. The van der Waals surface area contributed by atoms with Gasteiger partial charge in [-0.3, -0.25) is 10.1 Å². The molecule has 2 aromatic carbocycles. The molecule has 2 heterocycles. The molecule has 0 aliphatic carbocycles. The molecule has 2 aliphatic heterocycles. The van der Waals surface area contributed by atoms with E-state index in [1.807, 2.05) is 6.07 Å². The number of hydrogen-bond donors (Lipinski definition) is 0. The second kappa shape index (κ2) is 7.64. The van der Waals surface area contributed by atoms with Crippen molar-refractivity contribution in [1.29, 1.82) is 0 Å². The summed E-state index contributed by atoms with van der Waals surface area (Å²) < 4.78 is 0. The molecule has 0 N–H and O–H groups in total. The summed E-state index contributed by atoms with van der Waals surface area (Å²) in [4.78, 5) is 29.5. The van der Waals surface area contributed by atoms with Crippen LogP contribution in [0, 0.1) is 10.1 Å². The summed E-state index contributed by atoms with van der Waals surface area (Å²) in [7, 11) is 0. The topological polar surface area (TPSA) is 85.0 Å². The third kappa shape index (κ3) is 3.64. The van der Waals surface area contributed by atoms with Crippen LogP contribution in [0.1, 0.15) is 29.9 Å². The fourth-order valence-electron chi connectivity index (χ4n) is 3.61. The van der Waals surface area contributed by atoms with Gasteiger partial charge in [-0.15, -0.1) is 0 Å². The Bertz CT molecular complexity index is 943. The van der Waals surface area contributed by atoms with Gasteiger partial charge in [0.05, 0.1) is 4.92 Å². The third-order valence-electron chi connectivity index (χ3n) is 5.16. The van der Waals surface area contributed by atoms with Gasteiger partial charge in [0.15, 0.2) is 0 Å². The van der Waals surface area contributed by atoms with Crippen LogP contribution in [-0.4, -0.2) is 34.6 Å². The lowest BCUT2D eigenvalue weighted by Gasteiger charge is -2.31. The number of nitro benzene ring substituents is 1. The monoisotopic (exact) mass is 377 g/mol. The summed E-state index contributed by atoms with van der Waals surface area (Å²) in [6.45, 7) is 1.67. The van der Waals surface area contributed by atoms with E-state index in [0.717, 1.165) is 25.9 Å². The van der Waals surface area contributed by atoms with Gasteiger partial charge >= 0.3 is 5.97 Å². The van der Waals surface area contributed by atoms with Crippen molar-refractivity contribution in [3.8, 4) is 0 Å². The highest BCUT2D eigenvalue weighted by Gasteiger charge is 2.29. The maximum atomic E-state index is 12.2. The molecular formula is C21H19N3O4. The number of nitrogens with zero attached hydrogens (tertiary/aromatic N) is 3.